The van der Waals surface area contributed by atoms with E-state index in [0.717, 1.165) is 37.0 Å². The third-order valence-electron chi connectivity index (χ3n) is 3.19. The fourth-order valence-electron chi connectivity index (χ4n) is 2.21. The molecule has 1 fully saturated rings. The number of nitrogens with one attached hydrogen (secondary N) is 2. The van der Waals surface area contributed by atoms with Crippen molar-refractivity contribution >= 4 is 28.4 Å². The molecule has 19 heavy (non-hydrogen) atoms. The molecule has 1 aromatic carbocycles. The van der Waals surface area contributed by atoms with Crippen LogP contribution >= 0.6 is 12.2 Å². The van der Waals surface area contributed by atoms with Crippen LogP contribution in [0.15, 0.2) is 30.6 Å². The maximum Gasteiger partial charge on any atom is 0.185 e. The number of nitrogens with zero attached hydrogens (tertiary/aromatic N) is 2. The van der Waals surface area contributed by atoms with E-state index in [-0.39, 0.29) is 6.10 Å². The Hall–Kier alpha value is -1.66. The SMILES string of the molecule is S=C(NC[C@H]1CCCO1)Nn1cnc2ccccc21. The Bertz CT molecular complexity index is 577. The summed E-state index contributed by atoms with van der Waals surface area (Å²) < 4.78 is 7.36. The first-order valence-corrected chi connectivity index (χ1v) is 6.82. The molecule has 1 aliphatic heterocycles. The molecule has 1 aromatic heterocycles. The van der Waals surface area contributed by atoms with Gasteiger partial charge in [0.15, 0.2) is 5.11 Å². The number of imidazole rings is 1. The summed E-state index contributed by atoms with van der Waals surface area (Å²) in [6.07, 6.45) is 4.24. The number of ether oxygens (including phenoxy) is 1. The zero-order valence-corrected chi connectivity index (χ0v) is 11.3. The number of hydrogen-bond acceptors (Lipinski definition) is 3. The maximum absolute atomic E-state index is 5.54. The predicted molar refractivity (Wildman–Crippen MR) is 78.7 cm³/mol. The van der Waals surface area contributed by atoms with E-state index in [9.17, 15) is 0 Å². The van der Waals surface area contributed by atoms with Crippen LogP contribution in [-0.4, -0.2) is 34.0 Å². The molecule has 0 bridgehead atoms. The van der Waals surface area contributed by atoms with Crippen LogP contribution in [0, 0.1) is 0 Å². The van der Waals surface area contributed by atoms with Crippen molar-refractivity contribution in [1.29, 1.82) is 0 Å². The van der Waals surface area contributed by atoms with Gasteiger partial charge in [-0.2, -0.15) is 0 Å². The van der Waals surface area contributed by atoms with Gasteiger partial charge in [0.1, 0.15) is 6.33 Å². The lowest BCUT2D eigenvalue weighted by Gasteiger charge is -2.14. The number of fused-ring (bicyclic) bond motifs is 1. The second-order valence-corrected chi connectivity index (χ2v) is 4.97. The van der Waals surface area contributed by atoms with Crippen molar-refractivity contribution in [3.05, 3.63) is 30.6 Å². The van der Waals surface area contributed by atoms with Gasteiger partial charge in [-0.3, -0.25) is 5.43 Å². The zero-order chi connectivity index (χ0) is 13.1. The van der Waals surface area contributed by atoms with E-state index in [1.165, 1.54) is 0 Å². The number of para-hydroxylation sites is 2. The number of aromatic nitrogens is 2. The van der Waals surface area contributed by atoms with E-state index in [0.29, 0.717) is 5.11 Å². The lowest BCUT2D eigenvalue weighted by molar-refractivity contribution is 0.114. The molecule has 2 heterocycles. The van der Waals surface area contributed by atoms with Crippen LogP contribution in [0.3, 0.4) is 0 Å². The molecular formula is C13H16N4OS. The molecule has 0 aliphatic carbocycles. The van der Waals surface area contributed by atoms with E-state index in [1.54, 1.807) is 6.33 Å². The van der Waals surface area contributed by atoms with Crippen LogP contribution < -0.4 is 10.7 Å². The molecule has 1 aliphatic rings. The second-order valence-electron chi connectivity index (χ2n) is 4.56. The van der Waals surface area contributed by atoms with Crippen molar-refractivity contribution in [2.75, 3.05) is 18.6 Å². The fourth-order valence-corrected chi connectivity index (χ4v) is 2.39. The summed E-state index contributed by atoms with van der Waals surface area (Å²) in [5.74, 6) is 0. The highest BCUT2D eigenvalue weighted by molar-refractivity contribution is 7.80. The highest BCUT2D eigenvalue weighted by Crippen LogP contribution is 2.11. The van der Waals surface area contributed by atoms with Crippen LogP contribution in [0.4, 0.5) is 0 Å². The van der Waals surface area contributed by atoms with Crippen molar-refractivity contribution in [1.82, 2.24) is 15.0 Å². The number of thiocarbonyl (C=S) groups is 1. The minimum absolute atomic E-state index is 0.277. The normalized spacial score (nSPS) is 18.6. The van der Waals surface area contributed by atoms with Crippen LogP contribution in [0.2, 0.25) is 0 Å². The van der Waals surface area contributed by atoms with Crippen molar-refractivity contribution in [3.8, 4) is 0 Å². The Morgan fingerprint density at radius 3 is 3.21 bits per heavy atom. The topological polar surface area (TPSA) is 51.1 Å². The third-order valence-corrected chi connectivity index (χ3v) is 3.43. The summed E-state index contributed by atoms with van der Waals surface area (Å²) in [5, 5.41) is 3.76. The van der Waals surface area contributed by atoms with Gasteiger partial charge in [0.25, 0.3) is 0 Å². The van der Waals surface area contributed by atoms with Gasteiger partial charge in [0.05, 0.1) is 17.1 Å². The van der Waals surface area contributed by atoms with Crippen molar-refractivity contribution in [3.63, 3.8) is 0 Å². The summed E-state index contributed by atoms with van der Waals surface area (Å²) in [6.45, 7) is 1.61. The van der Waals surface area contributed by atoms with Gasteiger partial charge in [-0.25, -0.2) is 9.66 Å². The van der Waals surface area contributed by atoms with Crippen molar-refractivity contribution in [2.24, 2.45) is 0 Å². The van der Waals surface area contributed by atoms with Gasteiger partial charge < -0.3 is 10.1 Å². The number of rotatable bonds is 3. The first-order chi connectivity index (χ1) is 9.33. The molecule has 0 spiro atoms. The Balaban J connectivity index is 1.59. The summed E-state index contributed by atoms with van der Waals surface area (Å²) in [7, 11) is 0. The smallest absolute Gasteiger partial charge is 0.185 e. The Labute approximate surface area is 116 Å². The van der Waals surface area contributed by atoms with Crippen molar-refractivity contribution < 1.29 is 4.74 Å². The highest BCUT2D eigenvalue weighted by Gasteiger charge is 2.15. The van der Waals surface area contributed by atoms with E-state index in [2.05, 4.69) is 15.7 Å². The van der Waals surface area contributed by atoms with E-state index in [1.807, 2.05) is 28.9 Å². The predicted octanol–water partition coefficient (Wildman–Crippen LogP) is 1.63. The second kappa shape index (κ2) is 5.54. The maximum atomic E-state index is 5.54. The summed E-state index contributed by atoms with van der Waals surface area (Å²) in [4.78, 5) is 4.30. The summed E-state index contributed by atoms with van der Waals surface area (Å²) in [5.41, 5.74) is 5.05. The van der Waals surface area contributed by atoms with Gasteiger partial charge in [0.2, 0.25) is 0 Å². The zero-order valence-electron chi connectivity index (χ0n) is 10.5. The first-order valence-electron chi connectivity index (χ1n) is 6.41. The Morgan fingerprint density at radius 2 is 2.37 bits per heavy atom. The highest BCUT2D eigenvalue weighted by atomic mass is 32.1. The van der Waals surface area contributed by atoms with E-state index in [4.69, 9.17) is 17.0 Å². The van der Waals surface area contributed by atoms with E-state index >= 15 is 0 Å². The number of benzene rings is 1. The van der Waals surface area contributed by atoms with Crippen LogP contribution in [0.25, 0.3) is 11.0 Å². The number of hydrogen-bond donors (Lipinski definition) is 2. The Morgan fingerprint density at radius 1 is 1.47 bits per heavy atom. The molecule has 0 unspecified atom stereocenters. The molecule has 1 atom stereocenters. The van der Waals surface area contributed by atoms with Gasteiger partial charge in [0, 0.05) is 13.2 Å². The average Bonchev–Trinajstić information content (AvgIpc) is 3.07. The molecule has 0 saturated carbocycles. The van der Waals surface area contributed by atoms with Gasteiger partial charge in [-0.1, -0.05) is 12.1 Å². The molecule has 2 N–H and O–H groups in total. The molecule has 6 heteroatoms. The molecule has 5 nitrogen and oxygen atoms in total. The minimum Gasteiger partial charge on any atom is -0.376 e. The summed E-state index contributed by atoms with van der Waals surface area (Å²) >= 11 is 5.27. The van der Waals surface area contributed by atoms with Crippen molar-refractivity contribution in [2.45, 2.75) is 18.9 Å². The molecule has 0 radical (unpaired) electrons. The lowest BCUT2D eigenvalue weighted by Crippen LogP contribution is -2.38. The Kier molecular flexibility index (Phi) is 3.61. The molecule has 2 aromatic rings. The third kappa shape index (κ3) is 2.85. The van der Waals surface area contributed by atoms with E-state index < -0.39 is 0 Å². The van der Waals surface area contributed by atoms with Gasteiger partial charge >= 0.3 is 0 Å². The summed E-state index contributed by atoms with van der Waals surface area (Å²) in [6, 6.07) is 7.91. The van der Waals surface area contributed by atoms with Crippen LogP contribution in [0.5, 0.6) is 0 Å². The quantitative estimate of drug-likeness (QED) is 0.835. The molecular weight excluding hydrogens is 260 g/mol. The largest absolute Gasteiger partial charge is 0.376 e. The molecule has 1 saturated heterocycles. The first kappa shape index (κ1) is 12.4. The minimum atomic E-state index is 0.277. The molecule has 100 valence electrons. The molecule has 0 amide bonds. The molecule has 3 rings (SSSR count). The van der Waals surface area contributed by atoms with Gasteiger partial charge in [-0.15, -0.1) is 0 Å². The van der Waals surface area contributed by atoms with Crippen LogP contribution in [-0.2, 0) is 4.74 Å². The average molecular weight is 276 g/mol. The van der Waals surface area contributed by atoms with Crippen LogP contribution in [0.1, 0.15) is 12.8 Å². The van der Waals surface area contributed by atoms with Gasteiger partial charge in [-0.05, 0) is 37.2 Å². The fraction of sp³-hybridized carbons (Fsp3) is 0.385. The monoisotopic (exact) mass is 276 g/mol. The lowest BCUT2D eigenvalue weighted by atomic mass is 10.2. The standard InChI is InChI=1S/C13H16N4OS/c19-13(14-8-10-4-3-7-18-10)16-17-9-15-11-5-1-2-6-12(11)17/h1-2,5-6,9-10H,3-4,7-8H2,(H2,14,16,19)/t10-/m1/s1.